The number of pyridine rings is 1. The molecule has 0 saturated carbocycles. The van der Waals surface area contributed by atoms with Gasteiger partial charge in [0.2, 0.25) is 0 Å². The Bertz CT molecular complexity index is 502. The van der Waals surface area contributed by atoms with E-state index < -0.39 is 5.97 Å². The summed E-state index contributed by atoms with van der Waals surface area (Å²) < 4.78 is 5.21. The van der Waals surface area contributed by atoms with Gasteiger partial charge in [-0.25, -0.2) is 19.7 Å². The molecule has 0 aliphatic rings. The SMILES string of the molecule is O=C(O)c1ncccc1Oc1ncccn1. The summed E-state index contributed by atoms with van der Waals surface area (Å²) in [7, 11) is 0. The average molecular weight is 217 g/mol. The molecule has 2 rings (SSSR count). The molecule has 0 spiro atoms. The van der Waals surface area contributed by atoms with Crippen molar-refractivity contribution in [2.45, 2.75) is 0 Å². The summed E-state index contributed by atoms with van der Waals surface area (Å²) in [6.07, 6.45) is 4.38. The first kappa shape index (κ1) is 10.0. The number of hydrogen-bond acceptors (Lipinski definition) is 5. The molecule has 2 aromatic rings. The van der Waals surface area contributed by atoms with Gasteiger partial charge < -0.3 is 9.84 Å². The molecule has 1 N–H and O–H groups in total. The maximum Gasteiger partial charge on any atom is 0.358 e. The minimum Gasteiger partial charge on any atom is -0.476 e. The minimum absolute atomic E-state index is 0.0815. The number of nitrogens with zero attached hydrogens (tertiary/aromatic N) is 3. The largest absolute Gasteiger partial charge is 0.476 e. The molecule has 0 radical (unpaired) electrons. The quantitative estimate of drug-likeness (QED) is 0.835. The Morgan fingerprint density at radius 1 is 1.12 bits per heavy atom. The second-order valence-electron chi connectivity index (χ2n) is 2.79. The van der Waals surface area contributed by atoms with Crippen molar-refractivity contribution in [3.63, 3.8) is 0 Å². The van der Waals surface area contributed by atoms with Crippen LogP contribution in [0.2, 0.25) is 0 Å². The Labute approximate surface area is 90.6 Å². The lowest BCUT2D eigenvalue weighted by Gasteiger charge is -2.04. The van der Waals surface area contributed by atoms with E-state index in [4.69, 9.17) is 9.84 Å². The van der Waals surface area contributed by atoms with Gasteiger partial charge in [0.05, 0.1) is 0 Å². The Balaban J connectivity index is 2.31. The van der Waals surface area contributed by atoms with Crippen molar-refractivity contribution in [1.29, 1.82) is 0 Å². The summed E-state index contributed by atoms with van der Waals surface area (Å²) in [6.45, 7) is 0. The fourth-order valence-electron chi connectivity index (χ4n) is 1.07. The molecule has 0 saturated heterocycles. The van der Waals surface area contributed by atoms with Gasteiger partial charge in [-0.15, -0.1) is 0 Å². The molecular formula is C10H7N3O3. The number of aromatic nitrogens is 3. The molecule has 0 unspecified atom stereocenters. The minimum atomic E-state index is -1.16. The van der Waals surface area contributed by atoms with E-state index in [0.29, 0.717) is 0 Å². The molecule has 80 valence electrons. The summed E-state index contributed by atoms with van der Waals surface area (Å²) >= 11 is 0. The molecular weight excluding hydrogens is 210 g/mol. The molecule has 0 aromatic carbocycles. The third-order valence-corrected chi connectivity index (χ3v) is 1.72. The van der Waals surface area contributed by atoms with E-state index in [1.807, 2.05) is 0 Å². The van der Waals surface area contributed by atoms with Gasteiger partial charge in [0.1, 0.15) is 0 Å². The van der Waals surface area contributed by atoms with Gasteiger partial charge in [0.25, 0.3) is 0 Å². The van der Waals surface area contributed by atoms with Crippen molar-refractivity contribution < 1.29 is 14.6 Å². The smallest absolute Gasteiger partial charge is 0.358 e. The van der Waals surface area contributed by atoms with Gasteiger partial charge in [-0.05, 0) is 18.2 Å². The third-order valence-electron chi connectivity index (χ3n) is 1.72. The molecule has 0 atom stereocenters. The predicted molar refractivity (Wildman–Crippen MR) is 53.3 cm³/mol. The number of ether oxygens (including phenoxy) is 1. The van der Waals surface area contributed by atoms with Gasteiger partial charge in [0, 0.05) is 18.6 Å². The summed E-state index contributed by atoms with van der Waals surface area (Å²) in [5, 5.41) is 8.86. The second kappa shape index (κ2) is 4.35. The number of carbonyl (C=O) groups is 1. The molecule has 0 bridgehead atoms. The van der Waals surface area contributed by atoms with Crippen LogP contribution in [0.3, 0.4) is 0 Å². The first-order chi connectivity index (χ1) is 7.77. The van der Waals surface area contributed by atoms with Crippen LogP contribution < -0.4 is 4.74 Å². The van der Waals surface area contributed by atoms with Crippen LogP contribution in [0.5, 0.6) is 11.8 Å². The van der Waals surface area contributed by atoms with E-state index in [1.165, 1.54) is 24.7 Å². The lowest BCUT2D eigenvalue weighted by atomic mass is 10.3. The summed E-state index contributed by atoms with van der Waals surface area (Å²) in [5.41, 5.74) is -0.171. The van der Waals surface area contributed by atoms with Crippen LogP contribution in [-0.2, 0) is 0 Å². The number of rotatable bonds is 3. The van der Waals surface area contributed by atoms with Crippen LogP contribution >= 0.6 is 0 Å². The zero-order valence-electron chi connectivity index (χ0n) is 8.07. The highest BCUT2D eigenvalue weighted by atomic mass is 16.5. The molecule has 0 amide bonds. The van der Waals surface area contributed by atoms with Crippen molar-refractivity contribution in [2.75, 3.05) is 0 Å². The van der Waals surface area contributed by atoms with Gasteiger partial charge in [-0.3, -0.25) is 0 Å². The van der Waals surface area contributed by atoms with Gasteiger partial charge in [-0.2, -0.15) is 0 Å². The summed E-state index contributed by atoms with van der Waals surface area (Å²) in [4.78, 5) is 22.2. The highest BCUT2D eigenvalue weighted by Gasteiger charge is 2.13. The fraction of sp³-hybridized carbons (Fsp3) is 0. The van der Waals surface area contributed by atoms with Gasteiger partial charge in [-0.1, -0.05) is 0 Å². The Hall–Kier alpha value is -2.50. The maximum absolute atomic E-state index is 10.8. The van der Waals surface area contributed by atoms with Crippen LogP contribution in [0.25, 0.3) is 0 Å². The van der Waals surface area contributed by atoms with E-state index in [1.54, 1.807) is 12.1 Å². The Morgan fingerprint density at radius 3 is 2.50 bits per heavy atom. The topological polar surface area (TPSA) is 85.2 Å². The monoisotopic (exact) mass is 217 g/mol. The van der Waals surface area contributed by atoms with Crippen molar-refractivity contribution in [3.05, 3.63) is 42.5 Å². The number of carboxylic acids is 1. The van der Waals surface area contributed by atoms with E-state index >= 15 is 0 Å². The van der Waals surface area contributed by atoms with Gasteiger partial charge in [0.15, 0.2) is 11.4 Å². The van der Waals surface area contributed by atoms with Gasteiger partial charge >= 0.3 is 12.0 Å². The van der Waals surface area contributed by atoms with E-state index in [0.717, 1.165) is 0 Å². The predicted octanol–water partition coefficient (Wildman–Crippen LogP) is 1.36. The van der Waals surface area contributed by atoms with Crippen LogP contribution in [0.4, 0.5) is 0 Å². The van der Waals surface area contributed by atoms with Crippen LogP contribution in [0.1, 0.15) is 10.5 Å². The molecule has 2 heterocycles. The second-order valence-corrected chi connectivity index (χ2v) is 2.79. The fourth-order valence-corrected chi connectivity index (χ4v) is 1.07. The van der Waals surface area contributed by atoms with Crippen LogP contribution in [0.15, 0.2) is 36.8 Å². The first-order valence-corrected chi connectivity index (χ1v) is 4.40. The zero-order valence-corrected chi connectivity index (χ0v) is 8.07. The van der Waals surface area contributed by atoms with Crippen molar-refractivity contribution >= 4 is 5.97 Å². The lowest BCUT2D eigenvalue weighted by Crippen LogP contribution is -2.03. The Morgan fingerprint density at radius 2 is 1.81 bits per heavy atom. The van der Waals surface area contributed by atoms with Crippen LogP contribution in [0, 0.1) is 0 Å². The molecule has 6 heteroatoms. The number of aromatic carboxylic acids is 1. The summed E-state index contributed by atoms with van der Waals surface area (Å²) in [6, 6.07) is 4.78. The lowest BCUT2D eigenvalue weighted by molar-refractivity contribution is 0.0687. The van der Waals surface area contributed by atoms with E-state index in [2.05, 4.69) is 15.0 Å². The highest BCUT2D eigenvalue weighted by Crippen LogP contribution is 2.20. The standard InChI is InChI=1S/C10H7N3O3/c14-9(15)8-7(3-1-4-11-8)16-10-12-5-2-6-13-10/h1-6H,(H,14,15). The summed E-state index contributed by atoms with van der Waals surface area (Å²) in [5.74, 6) is -1.05. The highest BCUT2D eigenvalue weighted by molar-refractivity contribution is 5.88. The van der Waals surface area contributed by atoms with E-state index in [9.17, 15) is 4.79 Å². The van der Waals surface area contributed by atoms with Crippen molar-refractivity contribution in [3.8, 4) is 11.8 Å². The first-order valence-electron chi connectivity index (χ1n) is 4.40. The molecule has 0 fully saturated rings. The number of carboxylic acid groups (broad SMARTS) is 1. The van der Waals surface area contributed by atoms with Crippen molar-refractivity contribution in [2.24, 2.45) is 0 Å². The molecule has 16 heavy (non-hydrogen) atoms. The molecule has 0 aliphatic carbocycles. The third kappa shape index (κ3) is 2.11. The average Bonchev–Trinajstić information content (AvgIpc) is 2.31. The van der Waals surface area contributed by atoms with E-state index in [-0.39, 0.29) is 17.5 Å². The molecule has 2 aromatic heterocycles. The van der Waals surface area contributed by atoms with Crippen LogP contribution in [-0.4, -0.2) is 26.0 Å². The molecule has 6 nitrogen and oxygen atoms in total. The number of hydrogen-bond donors (Lipinski definition) is 1. The molecule has 0 aliphatic heterocycles. The maximum atomic E-state index is 10.8. The Kier molecular flexibility index (Phi) is 2.73. The van der Waals surface area contributed by atoms with Crippen molar-refractivity contribution in [1.82, 2.24) is 15.0 Å². The zero-order chi connectivity index (χ0) is 11.4. The normalized spacial score (nSPS) is 9.75.